The van der Waals surface area contributed by atoms with Gasteiger partial charge >= 0.3 is 0 Å². The lowest BCUT2D eigenvalue weighted by Gasteiger charge is -2.07. The summed E-state index contributed by atoms with van der Waals surface area (Å²) in [5, 5.41) is 6.71. The lowest BCUT2D eigenvalue weighted by atomic mass is 10.5. The van der Waals surface area contributed by atoms with Crippen molar-refractivity contribution in [3.05, 3.63) is 22.5 Å². The lowest BCUT2D eigenvalue weighted by molar-refractivity contribution is 0.379. The number of hydrogen-bond donors (Lipinski definition) is 3. The Kier molecular flexibility index (Phi) is 3.49. The molecule has 2 aromatic heterocycles. The van der Waals surface area contributed by atoms with Gasteiger partial charge in [-0.3, -0.25) is 0 Å². The van der Waals surface area contributed by atoms with Crippen LogP contribution in [0.5, 0.6) is 0 Å². The zero-order chi connectivity index (χ0) is 12.3. The summed E-state index contributed by atoms with van der Waals surface area (Å²) in [6, 6.07) is 0. The van der Waals surface area contributed by atoms with Gasteiger partial charge in [0.15, 0.2) is 11.6 Å². The van der Waals surface area contributed by atoms with Crippen molar-refractivity contribution in [3.8, 4) is 0 Å². The van der Waals surface area contributed by atoms with Gasteiger partial charge in [-0.25, -0.2) is 15.8 Å². The van der Waals surface area contributed by atoms with Crippen LogP contribution in [-0.4, -0.2) is 20.1 Å². The average Bonchev–Trinajstić information content (AvgIpc) is 2.74. The molecule has 8 nitrogen and oxygen atoms in total. The van der Waals surface area contributed by atoms with Crippen LogP contribution in [-0.2, 0) is 6.54 Å². The van der Waals surface area contributed by atoms with Crippen molar-refractivity contribution < 1.29 is 4.52 Å². The van der Waals surface area contributed by atoms with E-state index in [0.29, 0.717) is 34.4 Å². The third-order valence-corrected chi connectivity index (χ3v) is 2.65. The smallest absolute Gasteiger partial charge is 0.245 e. The quantitative estimate of drug-likeness (QED) is 0.562. The van der Waals surface area contributed by atoms with E-state index in [9.17, 15) is 0 Å². The number of nitrogens with one attached hydrogen (secondary N) is 2. The third-order valence-electron chi connectivity index (χ3n) is 1.90. The molecule has 0 aliphatic carbocycles. The fourth-order valence-corrected chi connectivity index (χ4v) is 1.62. The van der Waals surface area contributed by atoms with Crippen LogP contribution in [0.1, 0.15) is 11.7 Å². The molecule has 0 spiro atoms. The van der Waals surface area contributed by atoms with Crippen LogP contribution in [0.3, 0.4) is 0 Å². The van der Waals surface area contributed by atoms with E-state index in [1.165, 1.54) is 6.33 Å². The molecule has 90 valence electrons. The van der Waals surface area contributed by atoms with Gasteiger partial charge in [0.2, 0.25) is 5.89 Å². The number of nitrogens with two attached hydrogens (primary N) is 1. The van der Waals surface area contributed by atoms with Crippen molar-refractivity contribution >= 4 is 27.6 Å². The molecule has 2 heterocycles. The second-order valence-corrected chi connectivity index (χ2v) is 3.91. The number of nitrogens with zero attached hydrogens (tertiary/aromatic N) is 4. The SMILES string of the molecule is Cc1noc(CNc2ncnc(NN)c2Br)n1. The summed E-state index contributed by atoms with van der Waals surface area (Å²) in [7, 11) is 0. The molecule has 0 atom stereocenters. The lowest BCUT2D eigenvalue weighted by Crippen LogP contribution is -2.11. The highest BCUT2D eigenvalue weighted by atomic mass is 79.9. The second kappa shape index (κ2) is 5.06. The summed E-state index contributed by atoms with van der Waals surface area (Å²) < 4.78 is 5.60. The number of nitrogen functional groups attached to an aromatic ring is 1. The van der Waals surface area contributed by atoms with Crippen LogP contribution >= 0.6 is 15.9 Å². The molecule has 0 bridgehead atoms. The summed E-state index contributed by atoms with van der Waals surface area (Å²) in [5.41, 5.74) is 2.45. The number of hydrazine groups is 1. The van der Waals surface area contributed by atoms with Crippen molar-refractivity contribution in [2.24, 2.45) is 5.84 Å². The van der Waals surface area contributed by atoms with Gasteiger partial charge in [0.1, 0.15) is 16.6 Å². The number of hydrogen-bond acceptors (Lipinski definition) is 8. The molecule has 0 aliphatic rings. The van der Waals surface area contributed by atoms with Crippen LogP contribution in [0.15, 0.2) is 15.3 Å². The van der Waals surface area contributed by atoms with Gasteiger partial charge in [0, 0.05) is 0 Å². The first kappa shape index (κ1) is 11.7. The molecule has 0 amide bonds. The molecule has 0 radical (unpaired) electrons. The largest absolute Gasteiger partial charge is 0.360 e. The van der Waals surface area contributed by atoms with Gasteiger partial charge in [0.05, 0.1) is 6.54 Å². The van der Waals surface area contributed by atoms with Crippen LogP contribution in [0.2, 0.25) is 0 Å². The maximum atomic E-state index is 5.29. The number of halogens is 1. The maximum Gasteiger partial charge on any atom is 0.245 e. The van der Waals surface area contributed by atoms with Crippen LogP contribution < -0.4 is 16.6 Å². The van der Waals surface area contributed by atoms with E-state index >= 15 is 0 Å². The molecule has 9 heteroatoms. The van der Waals surface area contributed by atoms with Crippen molar-refractivity contribution in [2.75, 3.05) is 10.7 Å². The first-order valence-electron chi connectivity index (χ1n) is 4.71. The van der Waals surface area contributed by atoms with E-state index in [1.54, 1.807) is 6.92 Å². The summed E-state index contributed by atoms with van der Waals surface area (Å²) in [5.74, 6) is 7.44. The Labute approximate surface area is 105 Å². The van der Waals surface area contributed by atoms with E-state index in [1.807, 2.05) is 0 Å². The minimum absolute atomic E-state index is 0.375. The minimum atomic E-state index is 0.375. The third kappa shape index (κ3) is 2.68. The predicted molar refractivity (Wildman–Crippen MR) is 63.9 cm³/mol. The Morgan fingerprint density at radius 2 is 2.18 bits per heavy atom. The Balaban J connectivity index is 2.09. The Bertz CT molecular complexity index is 514. The van der Waals surface area contributed by atoms with Gasteiger partial charge in [-0.15, -0.1) is 0 Å². The van der Waals surface area contributed by atoms with E-state index in [-0.39, 0.29) is 0 Å². The summed E-state index contributed by atoms with van der Waals surface area (Å²) >= 11 is 3.32. The summed E-state index contributed by atoms with van der Waals surface area (Å²) in [6.07, 6.45) is 1.39. The van der Waals surface area contributed by atoms with E-state index in [4.69, 9.17) is 10.4 Å². The molecule has 2 rings (SSSR count). The molecule has 0 aromatic carbocycles. The summed E-state index contributed by atoms with van der Waals surface area (Å²) in [4.78, 5) is 12.0. The van der Waals surface area contributed by atoms with Crippen molar-refractivity contribution in [2.45, 2.75) is 13.5 Å². The first-order chi connectivity index (χ1) is 8.20. The van der Waals surface area contributed by atoms with E-state index in [0.717, 1.165) is 0 Å². The van der Waals surface area contributed by atoms with E-state index in [2.05, 4.69) is 46.8 Å². The molecule has 0 aliphatic heterocycles. The first-order valence-corrected chi connectivity index (χ1v) is 5.50. The van der Waals surface area contributed by atoms with Crippen LogP contribution in [0.25, 0.3) is 0 Å². The molecule has 17 heavy (non-hydrogen) atoms. The highest BCUT2D eigenvalue weighted by molar-refractivity contribution is 9.10. The highest BCUT2D eigenvalue weighted by Gasteiger charge is 2.09. The highest BCUT2D eigenvalue weighted by Crippen LogP contribution is 2.25. The molecule has 0 saturated carbocycles. The molecule has 0 saturated heterocycles. The molecular formula is C8H10BrN7O. The molecular weight excluding hydrogens is 290 g/mol. The Morgan fingerprint density at radius 3 is 2.82 bits per heavy atom. The minimum Gasteiger partial charge on any atom is -0.360 e. The van der Waals surface area contributed by atoms with E-state index < -0.39 is 0 Å². The zero-order valence-electron chi connectivity index (χ0n) is 8.94. The Morgan fingerprint density at radius 1 is 1.41 bits per heavy atom. The monoisotopic (exact) mass is 299 g/mol. The van der Waals surface area contributed by atoms with Crippen LogP contribution in [0, 0.1) is 6.92 Å². The van der Waals surface area contributed by atoms with Gasteiger partial charge in [0.25, 0.3) is 0 Å². The predicted octanol–water partition coefficient (Wildman–Crippen LogP) is 0.828. The zero-order valence-corrected chi connectivity index (χ0v) is 10.5. The average molecular weight is 300 g/mol. The summed E-state index contributed by atoms with van der Waals surface area (Å²) in [6.45, 7) is 2.13. The second-order valence-electron chi connectivity index (χ2n) is 3.12. The van der Waals surface area contributed by atoms with Crippen molar-refractivity contribution in [3.63, 3.8) is 0 Å². The topological polar surface area (TPSA) is 115 Å². The fourth-order valence-electron chi connectivity index (χ4n) is 1.16. The van der Waals surface area contributed by atoms with Crippen molar-refractivity contribution in [1.29, 1.82) is 0 Å². The van der Waals surface area contributed by atoms with Gasteiger partial charge in [-0.2, -0.15) is 4.98 Å². The maximum absolute atomic E-state index is 5.29. The Hall–Kier alpha value is -1.74. The number of anilines is 2. The van der Waals surface area contributed by atoms with Crippen LogP contribution in [0.4, 0.5) is 11.6 Å². The number of rotatable bonds is 4. The van der Waals surface area contributed by atoms with Crippen molar-refractivity contribution in [1.82, 2.24) is 20.1 Å². The molecule has 0 unspecified atom stereocenters. The van der Waals surface area contributed by atoms with Gasteiger partial charge in [-0.05, 0) is 22.9 Å². The molecule has 4 N–H and O–H groups in total. The fraction of sp³-hybridized carbons (Fsp3) is 0.250. The normalized spacial score (nSPS) is 10.3. The van der Waals surface area contributed by atoms with Gasteiger partial charge < -0.3 is 15.3 Å². The number of aryl methyl sites for hydroxylation is 1. The molecule has 0 fully saturated rings. The molecule has 2 aromatic rings. The van der Waals surface area contributed by atoms with Gasteiger partial charge in [-0.1, -0.05) is 5.16 Å². The number of aromatic nitrogens is 4. The standard InChI is InChI=1S/C8H10BrN7O/c1-4-14-5(17-16-4)2-11-7-6(9)8(15-10)13-3-12-7/h3H,2,10H2,1H3,(H2,11,12,13,15).